The second-order valence-electron chi connectivity index (χ2n) is 6.48. The van der Waals surface area contributed by atoms with Gasteiger partial charge in [-0.1, -0.05) is 45.1 Å². The zero-order chi connectivity index (χ0) is 18.7. The molecule has 25 heavy (non-hydrogen) atoms. The zero-order valence-corrected chi connectivity index (χ0v) is 15.1. The van der Waals surface area contributed by atoms with Crippen molar-refractivity contribution in [3.8, 4) is 17.2 Å². The molecule has 5 nitrogen and oxygen atoms in total. The Labute approximate surface area is 150 Å². The summed E-state index contributed by atoms with van der Waals surface area (Å²) in [7, 11) is 0. The topological polar surface area (TPSA) is 87.0 Å². The quantitative estimate of drug-likeness (QED) is 0.222. The molecule has 0 aliphatic carbocycles. The van der Waals surface area contributed by atoms with Gasteiger partial charge in [0, 0.05) is 5.57 Å². The van der Waals surface area contributed by atoms with Crippen molar-refractivity contribution in [2.24, 2.45) is 0 Å². The number of aryl methyl sites for hydroxylation is 1. The summed E-state index contributed by atoms with van der Waals surface area (Å²) in [4.78, 5) is 11.2. The maximum Gasteiger partial charge on any atom is 0.333 e. The van der Waals surface area contributed by atoms with Gasteiger partial charge in [-0.25, -0.2) is 4.79 Å². The van der Waals surface area contributed by atoms with Gasteiger partial charge in [0.25, 0.3) is 0 Å². The summed E-state index contributed by atoms with van der Waals surface area (Å²) in [5.74, 6) is -1.32. The van der Waals surface area contributed by atoms with Gasteiger partial charge in [-0.2, -0.15) is 0 Å². The minimum atomic E-state index is -0.460. The molecule has 0 spiro atoms. The van der Waals surface area contributed by atoms with E-state index in [2.05, 4.69) is 6.58 Å². The summed E-state index contributed by atoms with van der Waals surface area (Å²) < 4.78 is 5.04. The van der Waals surface area contributed by atoms with Gasteiger partial charge in [0.05, 0.1) is 6.61 Å². The average Bonchev–Trinajstić information content (AvgIpc) is 2.57. The van der Waals surface area contributed by atoms with Crippen molar-refractivity contribution in [1.29, 1.82) is 0 Å². The van der Waals surface area contributed by atoms with E-state index in [1.54, 1.807) is 6.92 Å². The molecule has 1 aromatic rings. The number of phenols is 3. The number of phenolic OH excluding ortho intramolecular Hbond substituents is 3. The highest BCUT2D eigenvalue weighted by atomic mass is 16.5. The first-order chi connectivity index (χ1) is 11.9. The van der Waals surface area contributed by atoms with E-state index in [9.17, 15) is 20.1 Å². The number of benzene rings is 1. The second kappa shape index (κ2) is 11.4. The fourth-order valence-corrected chi connectivity index (χ4v) is 2.59. The maximum atomic E-state index is 11.2. The number of hydrogen-bond donors (Lipinski definition) is 3. The average molecular weight is 350 g/mol. The van der Waals surface area contributed by atoms with Crippen molar-refractivity contribution < 1.29 is 24.9 Å². The van der Waals surface area contributed by atoms with Crippen LogP contribution in [0.25, 0.3) is 0 Å². The molecular formula is C20H30O5. The van der Waals surface area contributed by atoms with E-state index in [4.69, 9.17) is 4.74 Å². The molecular weight excluding hydrogens is 320 g/mol. The predicted octanol–water partition coefficient (Wildman–Crippen LogP) is 4.59. The SMILES string of the molecule is C=C(C)C(=O)OCCCCCCCCCCc1cc(O)c(O)c(O)c1. The molecule has 0 saturated carbocycles. The normalized spacial score (nSPS) is 10.6. The van der Waals surface area contributed by atoms with E-state index >= 15 is 0 Å². The number of carbonyl (C=O) groups is 1. The molecule has 5 heteroatoms. The van der Waals surface area contributed by atoms with Gasteiger partial charge in [-0.15, -0.1) is 0 Å². The van der Waals surface area contributed by atoms with Crippen molar-refractivity contribution >= 4 is 5.97 Å². The van der Waals surface area contributed by atoms with E-state index in [-0.39, 0.29) is 17.5 Å². The molecule has 0 atom stereocenters. The Kier molecular flexibility index (Phi) is 9.51. The van der Waals surface area contributed by atoms with Crippen LogP contribution in [0.2, 0.25) is 0 Å². The summed E-state index contributed by atoms with van der Waals surface area (Å²) in [6, 6.07) is 2.99. The van der Waals surface area contributed by atoms with E-state index in [1.165, 1.54) is 25.0 Å². The summed E-state index contributed by atoms with van der Waals surface area (Å²) >= 11 is 0. The Morgan fingerprint density at radius 3 is 1.92 bits per heavy atom. The lowest BCUT2D eigenvalue weighted by molar-refractivity contribution is -0.139. The molecule has 0 amide bonds. The number of esters is 1. The third kappa shape index (κ3) is 8.47. The highest BCUT2D eigenvalue weighted by Crippen LogP contribution is 2.35. The predicted molar refractivity (Wildman–Crippen MR) is 97.8 cm³/mol. The highest BCUT2D eigenvalue weighted by molar-refractivity contribution is 5.86. The molecule has 140 valence electrons. The molecule has 0 saturated heterocycles. The summed E-state index contributed by atoms with van der Waals surface area (Å²) in [5.41, 5.74) is 1.27. The number of hydrogen-bond acceptors (Lipinski definition) is 5. The van der Waals surface area contributed by atoms with E-state index in [0.29, 0.717) is 12.2 Å². The first-order valence-corrected chi connectivity index (χ1v) is 8.98. The van der Waals surface area contributed by atoms with Crippen LogP contribution in [-0.4, -0.2) is 27.9 Å². The molecule has 0 aromatic heterocycles. The number of unbranched alkanes of at least 4 members (excludes halogenated alkanes) is 7. The van der Waals surface area contributed by atoms with Crippen LogP contribution < -0.4 is 0 Å². The third-order valence-corrected chi connectivity index (χ3v) is 4.07. The molecule has 0 aliphatic heterocycles. The first kappa shape index (κ1) is 20.9. The maximum absolute atomic E-state index is 11.2. The zero-order valence-electron chi connectivity index (χ0n) is 15.1. The third-order valence-electron chi connectivity index (χ3n) is 4.07. The van der Waals surface area contributed by atoms with Gasteiger partial charge in [0.2, 0.25) is 0 Å². The van der Waals surface area contributed by atoms with Crippen molar-refractivity contribution in [2.45, 2.75) is 64.7 Å². The summed E-state index contributed by atoms with van der Waals surface area (Å²) in [6.07, 6.45) is 9.47. The Morgan fingerprint density at radius 1 is 0.920 bits per heavy atom. The van der Waals surface area contributed by atoms with E-state index < -0.39 is 5.75 Å². The first-order valence-electron chi connectivity index (χ1n) is 8.98. The minimum Gasteiger partial charge on any atom is -0.504 e. The van der Waals surface area contributed by atoms with Crippen LogP contribution in [0.1, 0.15) is 63.9 Å². The van der Waals surface area contributed by atoms with Crippen LogP contribution in [0, 0.1) is 0 Å². The summed E-state index contributed by atoms with van der Waals surface area (Å²) in [5, 5.41) is 28.2. The van der Waals surface area contributed by atoms with E-state index in [0.717, 1.165) is 50.5 Å². The van der Waals surface area contributed by atoms with Gasteiger partial charge in [0.1, 0.15) is 0 Å². The lowest BCUT2D eigenvalue weighted by Gasteiger charge is -2.06. The minimum absolute atomic E-state index is 0.274. The number of carbonyl (C=O) groups excluding carboxylic acids is 1. The van der Waals surface area contributed by atoms with Crippen molar-refractivity contribution in [2.75, 3.05) is 6.61 Å². The molecule has 0 bridgehead atoms. The Morgan fingerprint density at radius 2 is 1.40 bits per heavy atom. The van der Waals surface area contributed by atoms with Crippen molar-refractivity contribution in [3.63, 3.8) is 0 Å². The fourth-order valence-electron chi connectivity index (χ4n) is 2.59. The van der Waals surface area contributed by atoms with Gasteiger partial charge < -0.3 is 20.1 Å². The molecule has 0 aliphatic rings. The standard InChI is InChI=1S/C20H30O5/c1-15(2)20(24)25-12-10-8-6-4-3-5-7-9-11-16-13-17(21)19(23)18(22)14-16/h13-14,21-23H,1,3-12H2,2H3. The molecule has 3 N–H and O–H groups in total. The number of aromatic hydroxyl groups is 3. The Hall–Kier alpha value is -2.17. The van der Waals surface area contributed by atoms with Crippen LogP contribution in [0.5, 0.6) is 17.2 Å². The van der Waals surface area contributed by atoms with Crippen molar-refractivity contribution in [3.05, 3.63) is 29.8 Å². The highest BCUT2D eigenvalue weighted by Gasteiger charge is 2.07. The van der Waals surface area contributed by atoms with Crippen LogP contribution in [-0.2, 0) is 16.0 Å². The molecule has 0 radical (unpaired) electrons. The lowest BCUT2D eigenvalue weighted by Crippen LogP contribution is -2.05. The monoisotopic (exact) mass is 350 g/mol. The smallest absolute Gasteiger partial charge is 0.333 e. The van der Waals surface area contributed by atoms with Crippen LogP contribution in [0.3, 0.4) is 0 Å². The van der Waals surface area contributed by atoms with Crippen molar-refractivity contribution in [1.82, 2.24) is 0 Å². The van der Waals surface area contributed by atoms with Crippen LogP contribution >= 0.6 is 0 Å². The molecule has 0 unspecified atom stereocenters. The van der Waals surface area contributed by atoms with Gasteiger partial charge in [-0.3, -0.25) is 0 Å². The fraction of sp³-hybridized carbons (Fsp3) is 0.550. The van der Waals surface area contributed by atoms with Gasteiger partial charge in [-0.05, 0) is 43.9 Å². The Bertz CT molecular complexity index is 542. The van der Waals surface area contributed by atoms with Gasteiger partial charge in [0.15, 0.2) is 17.2 Å². The largest absolute Gasteiger partial charge is 0.504 e. The molecule has 0 heterocycles. The van der Waals surface area contributed by atoms with E-state index in [1.807, 2.05) is 0 Å². The van der Waals surface area contributed by atoms with Gasteiger partial charge >= 0.3 is 5.97 Å². The molecule has 1 aromatic carbocycles. The van der Waals surface area contributed by atoms with Crippen LogP contribution in [0.15, 0.2) is 24.3 Å². The number of ether oxygens (including phenoxy) is 1. The number of rotatable bonds is 12. The lowest BCUT2D eigenvalue weighted by atomic mass is 10.0. The van der Waals surface area contributed by atoms with Crippen LogP contribution in [0.4, 0.5) is 0 Å². The second-order valence-corrected chi connectivity index (χ2v) is 6.48. The molecule has 0 fully saturated rings. The molecule has 1 rings (SSSR count). The Balaban J connectivity index is 1.97. The summed E-state index contributed by atoms with van der Waals surface area (Å²) in [6.45, 7) is 5.66.